The van der Waals surface area contributed by atoms with Crippen molar-refractivity contribution in [2.24, 2.45) is 0 Å². The number of hydrogen-bond donors (Lipinski definition) is 0. The normalized spacial score (nSPS) is 15.5. The highest BCUT2D eigenvalue weighted by Crippen LogP contribution is 2.31. The maximum absolute atomic E-state index is 12.5. The molecule has 2 aromatic carbocycles. The van der Waals surface area contributed by atoms with E-state index in [1.807, 2.05) is 62.4 Å². The molecule has 132 valence electrons. The SMILES string of the molecule is CCN(CC1COc2ccccc2O1)C(=O)COc1cccc(C)c1. The molecule has 0 N–H and O–H groups in total. The second kappa shape index (κ2) is 7.92. The summed E-state index contributed by atoms with van der Waals surface area (Å²) in [5.41, 5.74) is 1.10. The van der Waals surface area contributed by atoms with Crippen molar-refractivity contribution in [1.29, 1.82) is 0 Å². The minimum Gasteiger partial charge on any atom is -0.486 e. The molecule has 0 aromatic heterocycles. The Kier molecular flexibility index (Phi) is 5.43. The summed E-state index contributed by atoms with van der Waals surface area (Å²) in [7, 11) is 0. The van der Waals surface area contributed by atoms with Gasteiger partial charge in [0.05, 0.1) is 6.54 Å². The van der Waals surface area contributed by atoms with Crippen LogP contribution in [0.1, 0.15) is 12.5 Å². The van der Waals surface area contributed by atoms with Gasteiger partial charge in [0.15, 0.2) is 24.2 Å². The number of carbonyl (C=O) groups is 1. The lowest BCUT2D eigenvalue weighted by Gasteiger charge is -2.30. The van der Waals surface area contributed by atoms with Gasteiger partial charge in [-0.3, -0.25) is 4.79 Å². The summed E-state index contributed by atoms with van der Waals surface area (Å²) in [6, 6.07) is 15.2. The molecule has 25 heavy (non-hydrogen) atoms. The lowest BCUT2D eigenvalue weighted by Crippen LogP contribution is -2.45. The largest absolute Gasteiger partial charge is 0.486 e. The van der Waals surface area contributed by atoms with Gasteiger partial charge >= 0.3 is 0 Å². The monoisotopic (exact) mass is 341 g/mol. The van der Waals surface area contributed by atoms with Gasteiger partial charge in [0.25, 0.3) is 5.91 Å². The van der Waals surface area contributed by atoms with E-state index in [1.165, 1.54) is 0 Å². The molecule has 5 nitrogen and oxygen atoms in total. The Balaban J connectivity index is 1.54. The van der Waals surface area contributed by atoms with Crippen LogP contribution in [0, 0.1) is 6.92 Å². The summed E-state index contributed by atoms with van der Waals surface area (Å²) in [6.45, 7) is 5.45. The second-order valence-corrected chi connectivity index (χ2v) is 6.04. The number of fused-ring (bicyclic) bond motifs is 1. The van der Waals surface area contributed by atoms with E-state index in [1.54, 1.807) is 4.90 Å². The molecule has 0 aliphatic carbocycles. The predicted octanol–water partition coefficient (Wildman–Crippen LogP) is 3.06. The number of rotatable bonds is 6. The summed E-state index contributed by atoms with van der Waals surface area (Å²) >= 11 is 0. The highest BCUT2D eigenvalue weighted by atomic mass is 16.6. The van der Waals surface area contributed by atoms with Crippen LogP contribution in [0.15, 0.2) is 48.5 Å². The third-order valence-corrected chi connectivity index (χ3v) is 4.08. The van der Waals surface area contributed by atoms with Gasteiger partial charge in [-0.15, -0.1) is 0 Å². The molecule has 0 fully saturated rings. The van der Waals surface area contributed by atoms with Crippen molar-refractivity contribution in [3.05, 3.63) is 54.1 Å². The molecule has 1 aliphatic rings. The highest BCUT2D eigenvalue weighted by Gasteiger charge is 2.24. The smallest absolute Gasteiger partial charge is 0.260 e. The van der Waals surface area contributed by atoms with Crippen LogP contribution < -0.4 is 14.2 Å². The number of hydrogen-bond acceptors (Lipinski definition) is 4. The Hall–Kier alpha value is -2.69. The Morgan fingerprint density at radius 3 is 2.76 bits per heavy atom. The lowest BCUT2D eigenvalue weighted by atomic mass is 10.2. The Morgan fingerprint density at radius 2 is 2.00 bits per heavy atom. The molecule has 1 amide bonds. The highest BCUT2D eigenvalue weighted by molar-refractivity contribution is 5.77. The third kappa shape index (κ3) is 4.44. The molecule has 0 radical (unpaired) electrons. The van der Waals surface area contributed by atoms with Gasteiger partial charge in [0, 0.05) is 6.54 Å². The van der Waals surface area contributed by atoms with E-state index in [2.05, 4.69) is 0 Å². The molecule has 0 saturated carbocycles. The van der Waals surface area contributed by atoms with Crippen molar-refractivity contribution < 1.29 is 19.0 Å². The van der Waals surface area contributed by atoms with Crippen LogP contribution >= 0.6 is 0 Å². The summed E-state index contributed by atoms with van der Waals surface area (Å²) in [5, 5.41) is 0. The number of carbonyl (C=O) groups excluding carboxylic acids is 1. The molecule has 5 heteroatoms. The Morgan fingerprint density at radius 1 is 1.20 bits per heavy atom. The van der Waals surface area contributed by atoms with Gasteiger partial charge in [-0.1, -0.05) is 24.3 Å². The van der Waals surface area contributed by atoms with Crippen molar-refractivity contribution in [2.75, 3.05) is 26.3 Å². The number of likely N-dealkylation sites (N-methyl/N-ethyl adjacent to an activating group) is 1. The maximum Gasteiger partial charge on any atom is 0.260 e. The summed E-state index contributed by atoms with van der Waals surface area (Å²) < 4.78 is 17.3. The molecule has 0 spiro atoms. The van der Waals surface area contributed by atoms with Crippen LogP contribution in [0.25, 0.3) is 0 Å². The van der Waals surface area contributed by atoms with Crippen LogP contribution in [0.3, 0.4) is 0 Å². The second-order valence-electron chi connectivity index (χ2n) is 6.04. The first-order valence-electron chi connectivity index (χ1n) is 8.51. The van der Waals surface area contributed by atoms with Gasteiger partial charge in [0.2, 0.25) is 0 Å². The molecular weight excluding hydrogens is 318 g/mol. The van der Waals surface area contributed by atoms with E-state index in [0.29, 0.717) is 25.4 Å². The number of amides is 1. The Labute approximate surface area is 148 Å². The van der Waals surface area contributed by atoms with E-state index < -0.39 is 0 Å². The first-order valence-corrected chi connectivity index (χ1v) is 8.51. The summed E-state index contributed by atoms with van der Waals surface area (Å²) in [4.78, 5) is 14.2. The average Bonchev–Trinajstić information content (AvgIpc) is 2.64. The fourth-order valence-electron chi connectivity index (χ4n) is 2.75. The van der Waals surface area contributed by atoms with E-state index in [4.69, 9.17) is 14.2 Å². The summed E-state index contributed by atoms with van der Waals surface area (Å²) in [6.07, 6.45) is -0.183. The van der Waals surface area contributed by atoms with Gasteiger partial charge in [-0.05, 0) is 43.7 Å². The minimum atomic E-state index is -0.183. The van der Waals surface area contributed by atoms with Crippen molar-refractivity contribution in [2.45, 2.75) is 20.0 Å². The van der Waals surface area contributed by atoms with Crippen LogP contribution in [-0.4, -0.2) is 43.2 Å². The third-order valence-electron chi connectivity index (χ3n) is 4.08. The van der Waals surface area contributed by atoms with E-state index in [9.17, 15) is 4.79 Å². The number of nitrogens with zero attached hydrogens (tertiary/aromatic N) is 1. The van der Waals surface area contributed by atoms with Crippen LogP contribution in [0.2, 0.25) is 0 Å². The summed E-state index contributed by atoms with van der Waals surface area (Å²) in [5.74, 6) is 2.11. The Bertz CT molecular complexity index is 731. The molecule has 3 rings (SSSR count). The number of para-hydroxylation sites is 2. The fraction of sp³-hybridized carbons (Fsp3) is 0.350. The number of ether oxygens (including phenoxy) is 3. The van der Waals surface area contributed by atoms with Gasteiger partial charge < -0.3 is 19.1 Å². The van der Waals surface area contributed by atoms with Crippen LogP contribution in [0.5, 0.6) is 17.2 Å². The topological polar surface area (TPSA) is 48.0 Å². The van der Waals surface area contributed by atoms with Gasteiger partial charge in [0.1, 0.15) is 12.4 Å². The van der Waals surface area contributed by atoms with Crippen molar-refractivity contribution in [1.82, 2.24) is 4.90 Å². The van der Waals surface area contributed by atoms with Crippen molar-refractivity contribution >= 4 is 5.91 Å². The van der Waals surface area contributed by atoms with E-state index in [0.717, 1.165) is 17.1 Å². The molecule has 1 atom stereocenters. The number of benzene rings is 2. The molecule has 0 bridgehead atoms. The molecule has 0 saturated heterocycles. The van der Waals surface area contributed by atoms with Gasteiger partial charge in [-0.25, -0.2) is 0 Å². The first-order chi connectivity index (χ1) is 12.2. The fourth-order valence-corrected chi connectivity index (χ4v) is 2.75. The van der Waals surface area contributed by atoms with Crippen LogP contribution in [0.4, 0.5) is 0 Å². The number of aryl methyl sites for hydroxylation is 1. The lowest BCUT2D eigenvalue weighted by molar-refractivity contribution is -0.134. The predicted molar refractivity (Wildman–Crippen MR) is 95.3 cm³/mol. The quantitative estimate of drug-likeness (QED) is 0.810. The maximum atomic E-state index is 12.5. The molecule has 1 heterocycles. The van der Waals surface area contributed by atoms with Crippen molar-refractivity contribution in [3.8, 4) is 17.2 Å². The standard InChI is InChI=1S/C20H23NO4/c1-3-21(20(22)14-23-16-8-6-7-15(2)11-16)12-17-13-24-18-9-4-5-10-19(18)25-17/h4-11,17H,3,12-14H2,1-2H3. The van der Waals surface area contributed by atoms with Crippen LogP contribution in [-0.2, 0) is 4.79 Å². The first kappa shape index (κ1) is 17.1. The molecule has 1 aliphatic heterocycles. The van der Waals surface area contributed by atoms with Crippen molar-refractivity contribution in [3.63, 3.8) is 0 Å². The zero-order valence-corrected chi connectivity index (χ0v) is 14.6. The molecule has 2 aromatic rings. The van der Waals surface area contributed by atoms with E-state index in [-0.39, 0.29) is 18.6 Å². The minimum absolute atomic E-state index is 0.0153. The van der Waals surface area contributed by atoms with Gasteiger partial charge in [-0.2, -0.15) is 0 Å². The zero-order valence-electron chi connectivity index (χ0n) is 14.6. The van der Waals surface area contributed by atoms with E-state index >= 15 is 0 Å². The molecular formula is C20H23NO4. The molecule has 1 unspecified atom stereocenters. The zero-order chi connectivity index (χ0) is 17.6. The average molecular weight is 341 g/mol.